The van der Waals surface area contributed by atoms with Crippen LogP contribution in [0.2, 0.25) is 0 Å². The van der Waals surface area contributed by atoms with Gasteiger partial charge < -0.3 is 15.2 Å². The van der Waals surface area contributed by atoms with Gasteiger partial charge in [0.2, 0.25) is 5.88 Å². The lowest BCUT2D eigenvalue weighted by molar-refractivity contribution is 0.135. The molecule has 20 heavy (non-hydrogen) atoms. The maximum atomic E-state index is 5.99. The highest BCUT2D eigenvalue weighted by Gasteiger charge is 2.32. The lowest BCUT2D eigenvalue weighted by Crippen LogP contribution is -2.24. The number of rotatable bonds is 3. The zero-order chi connectivity index (χ0) is 14.2. The third kappa shape index (κ3) is 2.34. The van der Waals surface area contributed by atoms with Gasteiger partial charge in [-0.15, -0.1) is 0 Å². The number of hydrogen-bond donors (Lipinski definition) is 1. The molecular weight excluding hydrogens is 252 g/mol. The molecule has 3 rings (SSSR count). The van der Waals surface area contributed by atoms with Crippen molar-refractivity contribution in [2.75, 3.05) is 0 Å². The average molecular weight is 270 g/mol. The number of para-hydroxylation sites is 1. The van der Waals surface area contributed by atoms with Crippen LogP contribution in [0.4, 0.5) is 0 Å². The first kappa shape index (κ1) is 12.9. The van der Waals surface area contributed by atoms with Gasteiger partial charge in [0.05, 0.1) is 0 Å². The van der Waals surface area contributed by atoms with E-state index in [0.717, 1.165) is 23.3 Å². The van der Waals surface area contributed by atoms with E-state index >= 15 is 0 Å². The zero-order valence-electron chi connectivity index (χ0n) is 11.7. The fourth-order valence-electron chi connectivity index (χ4n) is 2.44. The fourth-order valence-corrected chi connectivity index (χ4v) is 2.44. The predicted molar refractivity (Wildman–Crippen MR) is 77.1 cm³/mol. The Balaban J connectivity index is 1.96. The monoisotopic (exact) mass is 270 g/mol. The molecule has 0 bridgehead atoms. The number of aromatic nitrogens is 1. The molecule has 1 aliphatic rings. The quantitative estimate of drug-likeness (QED) is 0.931. The van der Waals surface area contributed by atoms with Gasteiger partial charge in [0.1, 0.15) is 5.60 Å². The van der Waals surface area contributed by atoms with Crippen LogP contribution < -0.4 is 15.2 Å². The molecular formula is C16H18N2O2. The maximum Gasteiger partial charge on any atom is 0.223 e. The highest BCUT2D eigenvalue weighted by molar-refractivity contribution is 5.51. The highest BCUT2D eigenvalue weighted by atomic mass is 16.5. The van der Waals surface area contributed by atoms with Crippen LogP contribution in [0.25, 0.3) is 0 Å². The van der Waals surface area contributed by atoms with Crippen LogP contribution in [0.15, 0.2) is 36.5 Å². The second-order valence-corrected chi connectivity index (χ2v) is 5.56. The van der Waals surface area contributed by atoms with Gasteiger partial charge in [0.25, 0.3) is 0 Å². The van der Waals surface area contributed by atoms with E-state index in [9.17, 15) is 0 Å². The van der Waals surface area contributed by atoms with Crippen LogP contribution in [0, 0.1) is 0 Å². The van der Waals surface area contributed by atoms with Crippen molar-refractivity contribution in [3.05, 3.63) is 47.7 Å². The molecule has 2 aromatic rings. The van der Waals surface area contributed by atoms with Crippen LogP contribution in [-0.2, 0) is 13.0 Å². The Morgan fingerprint density at radius 2 is 2.15 bits per heavy atom. The summed E-state index contributed by atoms with van der Waals surface area (Å²) >= 11 is 0. The Bertz CT molecular complexity index is 638. The third-order valence-corrected chi connectivity index (χ3v) is 3.33. The summed E-state index contributed by atoms with van der Waals surface area (Å²) in [5, 5.41) is 0. The van der Waals surface area contributed by atoms with Crippen molar-refractivity contribution in [3.63, 3.8) is 0 Å². The molecule has 1 aromatic heterocycles. The van der Waals surface area contributed by atoms with Crippen molar-refractivity contribution >= 4 is 0 Å². The minimum atomic E-state index is -0.192. The number of ether oxygens (including phenoxy) is 2. The number of benzene rings is 1. The first-order valence-electron chi connectivity index (χ1n) is 6.72. The molecule has 0 unspecified atom stereocenters. The summed E-state index contributed by atoms with van der Waals surface area (Å²) < 4.78 is 11.9. The minimum Gasteiger partial charge on any atom is -0.483 e. The minimum absolute atomic E-state index is 0.192. The first-order chi connectivity index (χ1) is 9.59. The van der Waals surface area contributed by atoms with E-state index in [4.69, 9.17) is 15.2 Å². The Labute approximate surface area is 118 Å². The molecule has 0 radical (unpaired) electrons. The molecule has 2 N–H and O–H groups in total. The van der Waals surface area contributed by atoms with Crippen LogP contribution >= 0.6 is 0 Å². The van der Waals surface area contributed by atoms with Crippen molar-refractivity contribution < 1.29 is 9.47 Å². The summed E-state index contributed by atoms with van der Waals surface area (Å²) in [5.74, 6) is 2.05. The Morgan fingerprint density at radius 3 is 2.95 bits per heavy atom. The molecule has 0 spiro atoms. The van der Waals surface area contributed by atoms with Gasteiger partial charge >= 0.3 is 0 Å². The van der Waals surface area contributed by atoms with Crippen molar-refractivity contribution in [2.45, 2.75) is 32.4 Å². The van der Waals surface area contributed by atoms with E-state index in [0.29, 0.717) is 18.2 Å². The number of nitrogens with zero attached hydrogens (tertiary/aromatic N) is 1. The molecule has 2 heterocycles. The van der Waals surface area contributed by atoms with E-state index in [1.165, 1.54) is 0 Å². The first-order valence-corrected chi connectivity index (χ1v) is 6.72. The largest absolute Gasteiger partial charge is 0.483 e. The summed E-state index contributed by atoms with van der Waals surface area (Å²) in [4.78, 5) is 4.25. The SMILES string of the molecule is CC1(C)Cc2cccc(Oc3ncccc3CN)c2O1. The molecule has 0 saturated carbocycles. The summed E-state index contributed by atoms with van der Waals surface area (Å²) in [6.45, 7) is 4.54. The van der Waals surface area contributed by atoms with Gasteiger partial charge in [-0.25, -0.2) is 4.98 Å². The molecule has 0 amide bonds. The molecule has 0 aliphatic carbocycles. The van der Waals surface area contributed by atoms with Crippen LogP contribution in [0.5, 0.6) is 17.4 Å². The van der Waals surface area contributed by atoms with Crippen molar-refractivity contribution in [1.29, 1.82) is 0 Å². The fraction of sp³-hybridized carbons (Fsp3) is 0.312. The van der Waals surface area contributed by atoms with Gasteiger partial charge in [0.15, 0.2) is 11.5 Å². The Kier molecular flexibility index (Phi) is 3.10. The van der Waals surface area contributed by atoms with Crippen molar-refractivity contribution in [3.8, 4) is 17.4 Å². The van der Waals surface area contributed by atoms with Crippen molar-refractivity contribution in [1.82, 2.24) is 4.98 Å². The smallest absolute Gasteiger partial charge is 0.223 e. The Hall–Kier alpha value is -2.07. The van der Waals surface area contributed by atoms with Gasteiger partial charge in [0, 0.05) is 30.3 Å². The molecule has 104 valence electrons. The predicted octanol–water partition coefficient (Wildman–Crippen LogP) is 3.05. The lowest BCUT2D eigenvalue weighted by atomic mass is 10.0. The lowest BCUT2D eigenvalue weighted by Gasteiger charge is -2.18. The molecule has 0 atom stereocenters. The van der Waals surface area contributed by atoms with E-state index < -0.39 is 0 Å². The maximum absolute atomic E-state index is 5.99. The van der Waals surface area contributed by atoms with E-state index in [1.807, 2.05) is 24.3 Å². The van der Waals surface area contributed by atoms with E-state index in [-0.39, 0.29) is 5.60 Å². The molecule has 4 heteroatoms. The van der Waals surface area contributed by atoms with Crippen molar-refractivity contribution in [2.24, 2.45) is 5.73 Å². The number of fused-ring (bicyclic) bond motifs is 1. The Morgan fingerprint density at radius 1 is 1.30 bits per heavy atom. The zero-order valence-corrected chi connectivity index (χ0v) is 11.7. The van der Waals surface area contributed by atoms with E-state index in [2.05, 4.69) is 24.9 Å². The summed E-state index contributed by atoms with van der Waals surface area (Å²) in [6, 6.07) is 9.71. The molecule has 1 aromatic carbocycles. The van der Waals surface area contributed by atoms with Crippen LogP contribution in [0.1, 0.15) is 25.0 Å². The van der Waals surface area contributed by atoms with Gasteiger partial charge in [-0.2, -0.15) is 0 Å². The second kappa shape index (κ2) is 4.80. The highest BCUT2D eigenvalue weighted by Crippen LogP contribution is 2.43. The van der Waals surface area contributed by atoms with Gasteiger partial charge in [-0.1, -0.05) is 18.2 Å². The second-order valence-electron chi connectivity index (χ2n) is 5.56. The number of hydrogen-bond acceptors (Lipinski definition) is 4. The molecule has 1 aliphatic heterocycles. The molecule has 0 fully saturated rings. The van der Waals surface area contributed by atoms with E-state index in [1.54, 1.807) is 6.20 Å². The van der Waals surface area contributed by atoms with Crippen LogP contribution in [0.3, 0.4) is 0 Å². The molecule has 4 nitrogen and oxygen atoms in total. The number of nitrogens with two attached hydrogens (primary N) is 1. The average Bonchev–Trinajstić information content (AvgIpc) is 2.74. The van der Waals surface area contributed by atoms with Crippen LogP contribution in [-0.4, -0.2) is 10.6 Å². The summed E-state index contributed by atoms with van der Waals surface area (Å²) in [5.41, 5.74) is 7.56. The third-order valence-electron chi connectivity index (χ3n) is 3.33. The summed E-state index contributed by atoms with van der Waals surface area (Å²) in [6.07, 6.45) is 2.58. The van der Waals surface area contributed by atoms with Gasteiger partial charge in [-0.05, 0) is 26.0 Å². The molecule has 0 saturated heterocycles. The normalized spacial score (nSPS) is 15.6. The summed E-state index contributed by atoms with van der Waals surface area (Å²) in [7, 11) is 0. The standard InChI is InChI=1S/C16H18N2O2/c1-16(2)9-11-5-3-7-13(14(11)20-16)19-15-12(10-17)6-4-8-18-15/h3-8H,9-10,17H2,1-2H3. The topological polar surface area (TPSA) is 57.4 Å². The van der Waals surface area contributed by atoms with Gasteiger partial charge in [-0.3, -0.25) is 0 Å². The number of pyridine rings is 1.